The molecule has 1 amide bonds. The van der Waals surface area contributed by atoms with Crippen LogP contribution in [0.5, 0.6) is 5.75 Å². The van der Waals surface area contributed by atoms with Crippen molar-refractivity contribution in [2.24, 2.45) is 0 Å². The topological polar surface area (TPSA) is 55.4 Å². The number of hydrogen-bond acceptors (Lipinski definition) is 3. The van der Waals surface area contributed by atoms with Gasteiger partial charge in [0.25, 0.3) is 5.91 Å². The number of rotatable bonds is 5. The van der Waals surface area contributed by atoms with Crippen molar-refractivity contribution >= 4 is 17.4 Å². The maximum atomic E-state index is 12.0. The number of ketones is 1. The van der Waals surface area contributed by atoms with E-state index in [9.17, 15) is 9.59 Å². The molecule has 0 aliphatic rings. The molecular formula is C19H21NO3. The molecule has 0 atom stereocenters. The summed E-state index contributed by atoms with van der Waals surface area (Å²) in [5.74, 6) is 0.508. The van der Waals surface area contributed by atoms with Gasteiger partial charge in [0.15, 0.2) is 12.4 Å². The smallest absolute Gasteiger partial charge is 0.262 e. The molecule has 2 aromatic carbocycles. The van der Waals surface area contributed by atoms with Crippen LogP contribution in [0.15, 0.2) is 36.4 Å². The molecule has 1 N–H and O–H groups in total. The van der Waals surface area contributed by atoms with E-state index >= 15 is 0 Å². The number of benzene rings is 2. The zero-order chi connectivity index (χ0) is 17.0. The van der Waals surface area contributed by atoms with Crippen LogP contribution < -0.4 is 10.1 Å². The fourth-order valence-corrected chi connectivity index (χ4v) is 2.52. The van der Waals surface area contributed by atoms with Crippen molar-refractivity contribution in [3.63, 3.8) is 0 Å². The van der Waals surface area contributed by atoms with E-state index in [4.69, 9.17) is 4.74 Å². The molecule has 0 saturated heterocycles. The molecule has 0 spiro atoms. The Labute approximate surface area is 136 Å². The zero-order valence-corrected chi connectivity index (χ0v) is 13.9. The second-order valence-corrected chi connectivity index (χ2v) is 5.70. The Kier molecular flexibility index (Phi) is 5.16. The van der Waals surface area contributed by atoms with Gasteiger partial charge in [0, 0.05) is 11.3 Å². The van der Waals surface area contributed by atoms with E-state index < -0.39 is 0 Å². The highest BCUT2D eigenvalue weighted by Crippen LogP contribution is 2.24. The van der Waals surface area contributed by atoms with Crippen LogP contribution >= 0.6 is 0 Å². The van der Waals surface area contributed by atoms with Gasteiger partial charge in [-0.05, 0) is 63.1 Å². The molecule has 0 unspecified atom stereocenters. The quantitative estimate of drug-likeness (QED) is 0.854. The molecule has 0 aliphatic carbocycles. The van der Waals surface area contributed by atoms with Crippen molar-refractivity contribution in [1.82, 2.24) is 0 Å². The van der Waals surface area contributed by atoms with Gasteiger partial charge in [-0.25, -0.2) is 0 Å². The number of anilines is 1. The van der Waals surface area contributed by atoms with Crippen molar-refractivity contribution in [1.29, 1.82) is 0 Å². The highest BCUT2D eigenvalue weighted by molar-refractivity contribution is 5.95. The van der Waals surface area contributed by atoms with E-state index in [0.29, 0.717) is 11.3 Å². The molecule has 0 heterocycles. The second kappa shape index (κ2) is 7.09. The minimum atomic E-state index is -0.236. The van der Waals surface area contributed by atoms with E-state index in [2.05, 4.69) is 5.32 Å². The van der Waals surface area contributed by atoms with Crippen molar-refractivity contribution < 1.29 is 14.3 Å². The summed E-state index contributed by atoms with van der Waals surface area (Å²) in [6, 6.07) is 10.8. The van der Waals surface area contributed by atoms with Crippen LogP contribution in [0.1, 0.15) is 34.0 Å². The Balaban J connectivity index is 1.96. The summed E-state index contributed by atoms with van der Waals surface area (Å²) in [5.41, 5.74) is 4.45. The molecule has 2 aromatic rings. The summed E-state index contributed by atoms with van der Waals surface area (Å²) in [4.78, 5) is 23.2. The zero-order valence-electron chi connectivity index (χ0n) is 13.9. The number of aryl methyl sites for hydroxylation is 3. The minimum absolute atomic E-state index is 0.00321. The van der Waals surface area contributed by atoms with Gasteiger partial charge in [-0.1, -0.05) is 17.7 Å². The van der Waals surface area contributed by atoms with Gasteiger partial charge in [-0.2, -0.15) is 0 Å². The number of carbonyl (C=O) groups excluding carboxylic acids is 2. The van der Waals surface area contributed by atoms with Gasteiger partial charge in [0.2, 0.25) is 0 Å². The summed E-state index contributed by atoms with van der Waals surface area (Å²) < 4.78 is 5.65. The molecule has 23 heavy (non-hydrogen) atoms. The van der Waals surface area contributed by atoms with Gasteiger partial charge >= 0.3 is 0 Å². The van der Waals surface area contributed by atoms with E-state index in [1.54, 1.807) is 24.3 Å². The normalized spacial score (nSPS) is 10.3. The highest BCUT2D eigenvalue weighted by atomic mass is 16.5. The van der Waals surface area contributed by atoms with Crippen LogP contribution in [0, 0.1) is 20.8 Å². The van der Waals surface area contributed by atoms with Gasteiger partial charge in [-0.15, -0.1) is 0 Å². The lowest BCUT2D eigenvalue weighted by Crippen LogP contribution is -2.20. The predicted molar refractivity (Wildman–Crippen MR) is 91.2 cm³/mol. The SMILES string of the molecule is CC(=O)c1ccc(NC(=O)COc2c(C)cc(C)cc2C)cc1. The monoisotopic (exact) mass is 311 g/mol. The van der Waals surface area contributed by atoms with Crippen LogP contribution in [0.4, 0.5) is 5.69 Å². The number of carbonyl (C=O) groups is 2. The summed E-state index contributed by atoms with van der Waals surface area (Å²) in [7, 11) is 0. The van der Waals surface area contributed by atoms with Crippen LogP contribution in [0.25, 0.3) is 0 Å². The first-order valence-electron chi connectivity index (χ1n) is 7.48. The summed E-state index contributed by atoms with van der Waals surface area (Å²) in [6.07, 6.45) is 0. The molecule has 0 aliphatic heterocycles. The maximum absolute atomic E-state index is 12.0. The van der Waals surface area contributed by atoms with Gasteiger partial charge < -0.3 is 10.1 Å². The second-order valence-electron chi connectivity index (χ2n) is 5.70. The lowest BCUT2D eigenvalue weighted by molar-refractivity contribution is -0.118. The fourth-order valence-electron chi connectivity index (χ4n) is 2.52. The third-order valence-corrected chi connectivity index (χ3v) is 3.53. The maximum Gasteiger partial charge on any atom is 0.262 e. The molecule has 0 radical (unpaired) electrons. The lowest BCUT2D eigenvalue weighted by Gasteiger charge is -2.13. The van der Waals surface area contributed by atoms with E-state index in [1.165, 1.54) is 12.5 Å². The van der Waals surface area contributed by atoms with Crippen LogP contribution in [-0.2, 0) is 4.79 Å². The Morgan fingerprint density at radius 2 is 1.57 bits per heavy atom. The van der Waals surface area contributed by atoms with Gasteiger partial charge in [-0.3, -0.25) is 9.59 Å². The Bertz CT molecular complexity index is 710. The lowest BCUT2D eigenvalue weighted by atomic mass is 10.1. The molecular weight excluding hydrogens is 290 g/mol. The first-order valence-corrected chi connectivity index (χ1v) is 7.48. The predicted octanol–water partition coefficient (Wildman–Crippen LogP) is 3.83. The van der Waals surface area contributed by atoms with E-state index in [0.717, 1.165) is 16.9 Å². The molecule has 4 heteroatoms. The first-order chi connectivity index (χ1) is 10.9. The van der Waals surface area contributed by atoms with Crippen LogP contribution in [0.3, 0.4) is 0 Å². The Hall–Kier alpha value is -2.62. The van der Waals surface area contributed by atoms with E-state index in [1.807, 2.05) is 32.9 Å². The van der Waals surface area contributed by atoms with Gasteiger partial charge in [0.1, 0.15) is 5.75 Å². The molecule has 0 bridgehead atoms. The minimum Gasteiger partial charge on any atom is -0.483 e. The van der Waals surface area contributed by atoms with Crippen molar-refractivity contribution in [3.05, 3.63) is 58.7 Å². The van der Waals surface area contributed by atoms with Gasteiger partial charge in [0.05, 0.1) is 0 Å². The number of amides is 1. The Morgan fingerprint density at radius 1 is 1.00 bits per heavy atom. The molecule has 0 saturated carbocycles. The number of Topliss-reactive ketones (excluding diaryl/α,β-unsaturated/α-hetero) is 1. The van der Waals surface area contributed by atoms with E-state index in [-0.39, 0.29) is 18.3 Å². The first kappa shape index (κ1) is 16.7. The molecule has 2 rings (SSSR count). The summed E-state index contributed by atoms with van der Waals surface area (Å²) >= 11 is 0. The van der Waals surface area contributed by atoms with Crippen molar-refractivity contribution in [3.8, 4) is 5.75 Å². The molecule has 120 valence electrons. The van der Waals surface area contributed by atoms with Crippen molar-refractivity contribution in [2.75, 3.05) is 11.9 Å². The van der Waals surface area contributed by atoms with Crippen molar-refractivity contribution in [2.45, 2.75) is 27.7 Å². The molecule has 0 aromatic heterocycles. The largest absolute Gasteiger partial charge is 0.483 e. The third-order valence-electron chi connectivity index (χ3n) is 3.53. The standard InChI is InChI=1S/C19H21NO3/c1-12-9-13(2)19(14(3)10-12)23-11-18(22)20-17-7-5-16(6-8-17)15(4)21/h5-10H,11H2,1-4H3,(H,20,22). The summed E-state index contributed by atoms with van der Waals surface area (Å²) in [5, 5.41) is 2.75. The number of ether oxygens (including phenoxy) is 1. The average molecular weight is 311 g/mol. The molecule has 0 fully saturated rings. The van der Waals surface area contributed by atoms with Crippen LogP contribution in [-0.4, -0.2) is 18.3 Å². The fraction of sp³-hybridized carbons (Fsp3) is 0.263. The highest BCUT2D eigenvalue weighted by Gasteiger charge is 2.09. The Morgan fingerprint density at radius 3 is 2.09 bits per heavy atom. The number of hydrogen-bond donors (Lipinski definition) is 1. The van der Waals surface area contributed by atoms with Crippen LogP contribution in [0.2, 0.25) is 0 Å². The number of nitrogens with one attached hydrogen (secondary N) is 1. The average Bonchev–Trinajstić information content (AvgIpc) is 2.46. The third kappa shape index (κ3) is 4.42. The molecule has 4 nitrogen and oxygen atoms in total. The summed E-state index contributed by atoms with van der Waals surface area (Å²) in [6.45, 7) is 7.41.